The Morgan fingerprint density at radius 2 is 2.02 bits per heavy atom. The van der Waals surface area contributed by atoms with Crippen LogP contribution in [0.15, 0.2) is 23.1 Å². The number of aryl methyl sites for hydroxylation is 1. The number of benzene rings is 1. The van der Waals surface area contributed by atoms with Crippen LogP contribution in [-0.4, -0.2) is 43.4 Å². The molecular weight excluding hydrogens is 580 g/mol. The Hall–Kier alpha value is -4.32. The molecule has 0 atom stereocenters. The first-order valence-electron chi connectivity index (χ1n) is 12.0. The van der Waals surface area contributed by atoms with Crippen molar-refractivity contribution in [3.63, 3.8) is 0 Å². The monoisotopic (exact) mass is 595 g/mol. The van der Waals surface area contributed by atoms with Crippen LogP contribution in [0.4, 0.5) is 32.0 Å². The van der Waals surface area contributed by atoms with Crippen molar-refractivity contribution in [2.75, 3.05) is 11.4 Å². The zero-order valence-electron chi connectivity index (χ0n) is 20.8. The predicted octanol–water partition coefficient (Wildman–Crippen LogP) is 5.32. The van der Waals surface area contributed by atoms with E-state index in [1.807, 2.05) is 0 Å². The van der Waals surface area contributed by atoms with Gasteiger partial charge in [0, 0.05) is 24.1 Å². The average molecular weight is 596 g/mol. The minimum absolute atomic E-state index is 0.0369. The summed E-state index contributed by atoms with van der Waals surface area (Å²) in [6.45, 7) is -0.558. The van der Waals surface area contributed by atoms with Crippen molar-refractivity contribution < 1.29 is 31.1 Å². The molecule has 212 valence electrons. The number of hydrogen-bond acceptors (Lipinski definition) is 7. The molecule has 6 rings (SSSR count). The number of H-pyrrole nitrogens is 1. The molecule has 16 heteroatoms. The number of alkyl halides is 6. The van der Waals surface area contributed by atoms with Crippen LogP contribution in [0.3, 0.4) is 0 Å². The molecule has 4 aromatic rings. The highest BCUT2D eigenvalue weighted by molar-refractivity contribution is 6.17. The first-order valence-corrected chi connectivity index (χ1v) is 12.5. The smallest absolute Gasteiger partial charge is 0.482 e. The normalized spacial score (nSPS) is 15.8. The fourth-order valence-electron chi connectivity index (χ4n) is 5.09. The Labute approximate surface area is 230 Å². The van der Waals surface area contributed by atoms with E-state index in [-0.39, 0.29) is 38.8 Å². The Morgan fingerprint density at radius 3 is 2.63 bits per heavy atom. The molecule has 0 amide bonds. The predicted molar refractivity (Wildman–Crippen MR) is 133 cm³/mol. The van der Waals surface area contributed by atoms with E-state index in [1.165, 1.54) is 19.3 Å². The van der Waals surface area contributed by atoms with Gasteiger partial charge in [0.2, 0.25) is 0 Å². The second-order valence-electron chi connectivity index (χ2n) is 9.69. The molecule has 0 unspecified atom stereocenters. The maximum absolute atomic E-state index is 15.8. The third kappa shape index (κ3) is 4.16. The summed E-state index contributed by atoms with van der Waals surface area (Å²) in [6, 6.07) is 3.65. The van der Waals surface area contributed by atoms with Crippen LogP contribution in [0, 0.1) is 17.1 Å². The number of ether oxygens (including phenoxy) is 1. The average Bonchev–Trinajstić information content (AvgIpc) is 3.56. The van der Waals surface area contributed by atoms with Gasteiger partial charge in [-0.1, -0.05) is 0 Å². The molecule has 1 N–H and O–H groups in total. The van der Waals surface area contributed by atoms with Crippen LogP contribution in [-0.2, 0) is 12.9 Å². The molecule has 3 aromatic heterocycles. The highest BCUT2D eigenvalue weighted by Crippen LogP contribution is 2.54. The van der Waals surface area contributed by atoms with E-state index in [2.05, 4.69) is 20.3 Å². The summed E-state index contributed by atoms with van der Waals surface area (Å²) in [5, 5.41) is 19.6. The van der Waals surface area contributed by atoms with Gasteiger partial charge < -0.3 is 4.74 Å². The third-order valence-corrected chi connectivity index (χ3v) is 7.41. The second kappa shape index (κ2) is 9.10. The molecule has 1 aromatic carbocycles. The molecule has 1 fully saturated rings. The number of aromatic amines is 1. The number of fused-ring (bicyclic) bond motifs is 2. The zero-order valence-corrected chi connectivity index (χ0v) is 21.5. The highest BCUT2D eigenvalue weighted by Gasteiger charge is 2.56. The minimum Gasteiger partial charge on any atom is -0.482 e. The quantitative estimate of drug-likeness (QED) is 0.193. The number of aromatic nitrogens is 5. The van der Waals surface area contributed by atoms with Crippen molar-refractivity contribution in [3.8, 4) is 34.3 Å². The topological polar surface area (TPSA) is 113 Å². The molecule has 1 aliphatic carbocycles. The van der Waals surface area contributed by atoms with Crippen molar-refractivity contribution in [2.24, 2.45) is 7.05 Å². The van der Waals surface area contributed by atoms with Gasteiger partial charge >= 0.3 is 6.30 Å². The lowest BCUT2D eigenvalue weighted by molar-refractivity contribution is -0.135. The SMILES string of the molecule is Cn1ncc(-c2cc3c(CCl)n[nH]c(=O)c3c(C(F)F)n2)c1-c1c(F)cc2c(c1C#N)OC1(CC1)CN2C(F)(F)F. The van der Waals surface area contributed by atoms with E-state index < -0.39 is 69.9 Å². The van der Waals surface area contributed by atoms with Gasteiger partial charge in [0.25, 0.3) is 12.0 Å². The van der Waals surface area contributed by atoms with Crippen molar-refractivity contribution in [1.29, 1.82) is 5.26 Å². The van der Waals surface area contributed by atoms with E-state index in [1.54, 1.807) is 6.07 Å². The van der Waals surface area contributed by atoms with Crippen LogP contribution in [0.25, 0.3) is 33.3 Å². The molecule has 9 nitrogen and oxygen atoms in total. The summed E-state index contributed by atoms with van der Waals surface area (Å²) < 4.78 is 92.9. The van der Waals surface area contributed by atoms with E-state index >= 15 is 4.39 Å². The van der Waals surface area contributed by atoms with Gasteiger partial charge in [0.05, 0.1) is 52.3 Å². The summed E-state index contributed by atoms with van der Waals surface area (Å²) in [5.41, 5.74) is -4.95. The number of hydrogen-bond donors (Lipinski definition) is 1. The van der Waals surface area contributed by atoms with Crippen molar-refractivity contribution in [2.45, 2.75) is 37.0 Å². The van der Waals surface area contributed by atoms with Gasteiger partial charge in [-0.05, 0) is 18.9 Å². The molecule has 0 bridgehead atoms. The van der Waals surface area contributed by atoms with Crippen LogP contribution < -0.4 is 15.2 Å². The Bertz CT molecular complexity index is 1840. The Balaban J connectivity index is 1.63. The van der Waals surface area contributed by atoms with Crippen molar-refractivity contribution in [3.05, 3.63) is 51.5 Å². The highest BCUT2D eigenvalue weighted by atomic mass is 35.5. The van der Waals surface area contributed by atoms with Gasteiger partial charge in [-0.25, -0.2) is 23.3 Å². The lowest BCUT2D eigenvalue weighted by Gasteiger charge is -2.38. The van der Waals surface area contributed by atoms with Crippen molar-refractivity contribution in [1.82, 2.24) is 25.0 Å². The summed E-state index contributed by atoms with van der Waals surface area (Å²) in [6.07, 6.45) is -6.30. The number of nitriles is 1. The fraction of sp³-hybridized carbons (Fsp3) is 0.320. The van der Waals surface area contributed by atoms with Gasteiger partial charge in [0.15, 0.2) is 5.75 Å². The molecule has 41 heavy (non-hydrogen) atoms. The lowest BCUT2D eigenvalue weighted by atomic mass is 9.96. The molecule has 0 saturated heterocycles. The molecule has 1 aliphatic heterocycles. The maximum atomic E-state index is 15.8. The summed E-state index contributed by atoms with van der Waals surface area (Å²) in [5.74, 6) is -1.91. The van der Waals surface area contributed by atoms with E-state index in [9.17, 15) is 32.0 Å². The number of anilines is 1. The van der Waals surface area contributed by atoms with Gasteiger partial charge in [-0.15, -0.1) is 11.6 Å². The fourth-order valence-corrected chi connectivity index (χ4v) is 5.30. The first-order chi connectivity index (χ1) is 19.4. The second-order valence-corrected chi connectivity index (χ2v) is 9.95. The van der Waals surface area contributed by atoms with E-state index in [0.717, 1.165) is 4.68 Å². The Kier molecular flexibility index (Phi) is 5.96. The van der Waals surface area contributed by atoms with Crippen LogP contribution >= 0.6 is 11.6 Å². The summed E-state index contributed by atoms with van der Waals surface area (Å²) >= 11 is 5.93. The van der Waals surface area contributed by atoms with Gasteiger partial charge in [-0.3, -0.25) is 14.4 Å². The van der Waals surface area contributed by atoms with Crippen LogP contribution in [0.1, 0.15) is 36.2 Å². The molecule has 1 saturated carbocycles. The third-order valence-electron chi connectivity index (χ3n) is 7.16. The van der Waals surface area contributed by atoms with Crippen molar-refractivity contribution >= 4 is 28.1 Å². The number of nitrogens with one attached hydrogen (secondary N) is 1. The zero-order chi connectivity index (χ0) is 29.4. The molecular formula is C25H16ClF6N7O2. The summed E-state index contributed by atoms with van der Waals surface area (Å²) in [4.78, 5) is 16.4. The molecule has 1 spiro atoms. The first kappa shape index (κ1) is 26.9. The lowest BCUT2D eigenvalue weighted by Crippen LogP contribution is -2.49. The van der Waals surface area contributed by atoms with Gasteiger partial charge in [0.1, 0.15) is 28.7 Å². The maximum Gasteiger partial charge on any atom is 0.485 e. The number of rotatable bonds is 4. The molecule has 0 radical (unpaired) electrons. The number of nitrogens with zero attached hydrogens (tertiary/aromatic N) is 6. The van der Waals surface area contributed by atoms with E-state index in [4.69, 9.17) is 16.3 Å². The van der Waals surface area contributed by atoms with E-state index in [0.29, 0.717) is 18.9 Å². The standard InChI is InChI=1S/C25H16ClF6N7O2/c1-38-20(12(8-34-38)14-4-10-15(6-26)36-37-23(40)18(10)19(35-14)22(28)29)17-11(7-33)21-16(5-13(17)27)39(25(30,31)32)9-24(41-21)2-3-24/h4-5,8,22H,2-3,6,9H2,1H3,(H,37,40). The number of pyridine rings is 1. The van der Waals surface area contributed by atoms with Gasteiger partial charge in [-0.2, -0.15) is 28.6 Å². The molecule has 2 aliphatic rings. The Morgan fingerprint density at radius 1 is 1.29 bits per heavy atom. The van der Waals surface area contributed by atoms with Crippen LogP contribution in [0.2, 0.25) is 0 Å². The molecule has 4 heterocycles. The summed E-state index contributed by atoms with van der Waals surface area (Å²) in [7, 11) is 1.37. The largest absolute Gasteiger partial charge is 0.485 e. The number of halogens is 7. The minimum atomic E-state index is -4.88. The van der Waals surface area contributed by atoms with Crippen LogP contribution in [0.5, 0.6) is 5.75 Å².